The summed E-state index contributed by atoms with van der Waals surface area (Å²) >= 11 is 0. The van der Waals surface area contributed by atoms with Gasteiger partial charge in [-0.25, -0.2) is 4.98 Å². The van der Waals surface area contributed by atoms with Crippen molar-refractivity contribution in [2.75, 3.05) is 20.3 Å². The number of hydrogen-bond donors (Lipinski definition) is 3. The van der Waals surface area contributed by atoms with Crippen molar-refractivity contribution in [2.45, 2.75) is 25.2 Å². The molecule has 7 heteroatoms. The third kappa shape index (κ3) is 4.46. The Bertz CT molecular complexity index is 1220. The Labute approximate surface area is 198 Å². The second-order valence-electron chi connectivity index (χ2n) is 8.14. The average molecular weight is 460 g/mol. The van der Waals surface area contributed by atoms with Crippen LogP contribution in [0.15, 0.2) is 78.9 Å². The molecule has 3 N–H and O–H groups in total. The summed E-state index contributed by atoms with van der Waals surface area (Å²) in [6.45, 7) is 2.76. The number of imidazole rings is 1. The van der Waals surface area contributed by atoms with Crippen LogP contribution in [0, 0.1) is 0 Å². The molecule has 0 aliphatic rings. The molecular formula is C27H29N3O4. The fourth-order valence-electron chi connectivity index (χ4n) is 4.21. The molecule has 1 amide bonds. The Kier molecular flexibility index (Phi) is 7.07. The van der Waals surface area contributed by atoms with E-state index in [-0.39, 0.29) is 19.1 Å². The lowest BCUT2D eigenvalue weighted by Crippen LogP contribution is -2.34. The third-order valence-corrected chi connectivity index (χ3v) is 5.89. The molecule has 0 radical (unpaired) electrons. The number of aryl methyl sites for hydroxylation is 1. The smallest absolute Gasteiger partial charge is 0.251 e. The lowest BCUT2D eigenvalue weighted by atomic mass is 9.85. The molecule has 3 aromatic carbocycles. The van der Waals surface area contributed by atoms with Gasteiger partial charge >= 0.3 is 0 Å². The first-order valence-corrected chi connectivity index (χ1v) is 11.3. The van der Waals surface area contributed by atoms with Crippen molar-refractivity contribution in [1.29, 1.82) is 0 Å². The predicted octanol–water partition coefficient (Wildman–Crippen LogP) is 3.08. The topological polar surface area (TPSA) is 96.6 Å². The minimum atomic E-state index is -1.48. The van der Waals surface area contributed by atoms with Gasteiger partial charge in [0.1, 0.15) is 0 Å². The fraction of sp³-hybridized carbons (Fsp3) is 0.259. The van der Waals surface area contributed by atoms with Gasteiger partial charge in [0.2, 0.25) is 0 Å². The molecule has 1 aromatic heterocycles. The molecule has 0 aliphatic heterocycles. The van der Waals surface area contributed by atoms with E-state index in [0.29, 0.717) is 34.6 Å². The van der Waals surface area contributed by atoms with Gasteiger partial charge in [-0.3, -0.25) is 4.79 Å². The summed E-state index contributed by atoms with van der Waals surface area (Å²) in [5.74, 6) is 0.180. The van der Waals surface area contributed by atoms with Gasteiger partial charge in [-0.05, 0) is 36.2 Å². The van der Waals surface area contributed by atoms with Crippen molar-refractivity contribution in [3.8, 4) is 0 Å². The first-order chi connectivity index (χ1) is 16.5. The number of fused-ring (bicyclic) bond motifs is 1. The minimum absolute atomic E-state index is 0.0881. The number of aliphatic hydroxyl groups excluding tert-OH is 1. The monoisotopic (exact) mass is 459 g/mol. The zero-order valence-electron chi connectivity index (χ0n) is 19.3. The maximum atomic E-state index is 12.7. The van der Waals surface area contributed by atoms with Crippen LogP contribution in [0.5, 0.6) is 0 Å². The molecule has 4 aromatic rings. The van der Waals surface area contributed by atoms with Gasteiger partial charge in [-0.15, -0.1) is 0 Å². The first-order valence-electron chi connectivity index (χ1n) is 11.3. The number of hydrogen-bond acceptors (Lipinski definition) is 5. The summed E-state index contributed by atoms with van der Waals surface area (Å²) in [4.78, 5) is 17.5. The van der Waals surface area contributed by atoms with Crippen LogP contribution in [-0.4, -0.2) is 52.0 Å². The molecule has 4 rings (SSSR count). The zero-order valence-corrected chi connectivity index (χ0v) is 19.3. The van der Waals surface area contributed by atoms with Crippen molar-refractivity contribution in [3.05, 3.63) is 101 Å². The summed E-state index contributed by atoms with van der Waals surface area (Å²) in [5, 5.41) is 24.8. The molecule has 0 saturated heterocycles. The Morgan fingerprint density at radius 1 is 1.06 bits per heavy atom. The Balaban J connectivity index is 1.80. The number of aromatic nitrogens is 2. The normalized spacial score (nSPS) is 12.6. The zero-order chi connectivity index (χ0) is 24.1. The van der Waals surface area contributed by atoms with Crippen molar-refractivity contribution in [3.63, 3.8) is 0 Å². The van der Waals surface area contributed by atoms with Gasteiger partial charge in [-0.1, -0.05) is 60.7 Å². The van der Waals surface area contributed by atoms with Gasteiger partial charge in [0.15, 0.2) is 11.4 Å². The standard InChI is InChI=1S/C27H29N3O4/c1-3-30-24-16-19(25(32)28-17-22(31)18-34-2)14-15-23(24)29-26(30)27(33,20-10-6-4-7-11-20)21-12-8-5-9-13-21/h4-16,22,31,33H,3,17-18H2,1-2H3,(H,28,32)/t22-/m1/s1. The number of benzene rings is 3. The van der Waals surface area contributed by atoms with E-state index in [1.165, 1.54) is 7.11 Å². The number of carbonyl (C=O) groups is 1. The van der Waals surface area contributed by atoms with Crippen molar-refractivity contribution in [2.24, 2.45) is 0 Å². The number of methoxy groups -OCH3 is 1. The summed E-state index contributed by atoms with van der Waals surface area (Å²) in [7, 11) is 1.49. The maximum absolute atomic E-state index is 12.7. The largest absolute Gasteiger partial charge is 0.389 e. The average Bonchev–Trinajstić information content (AvgIpc) is 3.26. The van der Waals surface area contributed by atoms with Crippen LogP contribution in [0.2, 0.25) is 0 Å². The maximum Gasteiger partial charge on any atom is 0.251 e. The number of aliphatic hydroxyl groups is 2. The third-order valence-electron chi connectivity index (χ3n) is 5.89. The van der Waals surface area contributed by atoms with E-state index in [1.807, 2.05) is 72.2 Å². The second-order valence-corrected chi connectivity index (χ2v) is 8.14. The highest BCUT2D eigenvalue weighted by molar-refractivity contribution is 5.97. The lowest BCUT2D eigenvalue weighted by Gasteiger charge is -2.29. The Hall–Kier alpha value is -3.52. The number of nitrogens with zero attached hydrogens (tertiary/aromatic N) is 2. The van der Waals surface area contributed by atoms with Crippen LogP contribution in [0.25, 0.3) is 11.0 Å². The molecule has 34 heavy (non-hydrogen) atoms. The quantitative estimate of drug-likeness (QED) is 0.358. The van der Waals surface area contributed by atoms with Crippen LogP contribution >= 0.6 is 0 Å². The molecule has 0 saturated carbocycles. The van der Waals surface area contributed by atoms with E-state index in [1.54, 1.807) is 18.2 Å². The number of nitrogens with one attached hydrogen (secondary N) is 1. The van der Waals surface area contributed by atoms with E-state index >= 15 is 0 Å². The molecule has 1 atom stereocenters. The molecule has 0 fully saturated rings. The fourth-order valence-corrected chi connectivity index (χ4v) is 4.21. The number of amides is 1. The van der Waals surface area contributed by atoms with Gasteiger partial charge in [0.25, 0.3) is 5.91 Å². The Morgan fingerprint density at radius 2 is 1.68 bits per heavy atom. The van der Waals surface area contributed by atoms with E-state index in [2.05, 4.69) is 5.32 Å². The van der Waals surface area contributed by atoms with Crippen LogP contribution in [0.1, 0.15) is 34.2 Å². The predicted molar refractivity (Wildman–Crippen MR) is 131 cm³/mol. The molecular weight excluding hydrogens is 430 g/mol. The molecule has 7 nitrogen and oxygen atoms in total. The summed E-state index contributed by atoms with van der Waals surface area (Å²) in [5.41, 5.74) is 1.80. The first kappa shape index (κ1) is 23.6. The molecule has 0 unspecified atom stereocenters. The van der Waals surface area contributed by atoms with Gasteiger partial charge in [0.05, 0.1) is 23.7 Å². The molecule has 176 valence electrons. The SMILES string of the molecule is CCn1c(C(O)(c2ccccc2)c2ccccc2)nc2ccc(C(=O)NC[C@@H](O)COC)cc21. The van der Waals surface area contributed by atoms with Crippen molar-refractivity contribution < 1.29 is 19.7 Å². The summed E-state index contributed by atoms with van der Waals surface area (Å²) in [6, 6.07) is 24.2. The second kappa shape index (κ2) is 10.2. The van der Waals surface area contributed by atoms with Crippen molar-refractivity contribution >= 4 is 16.9 Å². The van der Waals surface area contributed by atoms with E-state index in [4.69, 9.17) is 9.72 Å². The summed E-state index contributed by atoms with van der Waals surface area (Å²) < 4.78 is 6.84. The molecule has 0 bridgehead atoms. The number of carbonyl (C=O) groups excluding carboxylic acids is 1. The van der Waals surface area contributed by atoms with Crippen molar-refractivity contribution in [1.82, 2.24) is 14.9 Å². The highest BCUT2D eigenvalue weighted by Gasteiger charge is 2.38. The van der Waals surface area contributed by atoms with Crippen LogP contribution in [-0.2, 0) is 16.9 Å². The molecule has 0 aliphatic carbocycles. The number of ether oxygens (including phenoxy) is 1. The minimum Gasteiger partial charge on any atom is -0.389 e. The van der Waals surface area contributed by atoms with E-state index in [9.17, 15) is 15.0 Å². The lowest BCUT2D eigenvalue weighted by molar-refractivity contribution is 0.0610. The molecule has 0 spiro atoms. The highest BCUT2D eigenvalue weighted by atomic mass is 16.5. The van der Waals surface area contributed by atoms with Gasteiger partial charge in [-0.2, -0.15) is 0 Å². The van der Waals surface area contributed by atoms with Gasteiger partial charge in [0, 0.05) is 25.8 Å². The number of rotatable bonds is 9. The van der Waals surface area contributed by atoms with Crippen LogP contribution < -0.4 is 5.32 Å². The highest BCUT2D eigenvalue weighted by Crippen LogP contribution is 2.37. The van der Waals surface area contributed by atoms with Gasteiger partial charge < -0.3 is 24.8 Å². The summed E-state index contributed by atoms with van der Waals surface area (Å²) in [6.07, 6.45) is -0.780. The van der Waals surface area contributed by atoms with Crippen LogP contribution in [0.4, 0.5) is 0 Å². The molecule has 1 heterocycles. The van der Waals surface area contributed by atoms with Crippen LogP contribution in [0.3, 0.4) is 0 Å². The Morgan fingerprint density at radius 3 is 2.24 bits per heavy atom. The van der Waals surface area contributed by atoms with E-state index in [0.717, 1.165) is 5.52 Å². The van der Waals surface area contributed by atoms with E-state index < -0.39 is 11.7 Å².